The van der Waals surface area contributed by atoms with Gasteiger partial charge in [0, 0.05) is 0 Å². The van der Waals surface area contributed by atoms with E-state index in [0.29, 0.717) is 0 Å². The van der Waals surface area contributed by atoms with E-state index in [1.54, 1.807) is 0 Å². The molecule has 0 heterocycles. The van der Waals surface area contributed by atoms with Crippen molar-refractivity contribution < 1.29 is 32.6 Å². The maximum atomic E-state index is 11.8. The van der Waals surface area contributed by atoms with Gasteiger partial charge in [0.2, 0.25) is 0 Å². The molecule has 0 bridgehead atoms. The molecule has 0 amide bonds. The second-order valence-electron chi connectivity index (χ2n) is 2.12. The van der Waals surface area contributed by atoms with Gasteiger partial charge in [0.1, 0.15) is 11.8 Å². The van der Waals surface area contributed by atoms with Crippen LogP contribution in [0.5, 0.6) is 0 Å². The first kappa shape index (κ1) is 12.5. The molecule has 0 rings (SSSR count). The van der Waals surface area contributed by atoms with Gasteiger partial charge in [0.25, 0.3) is 5.78 Å². The Morgan fingerprint density at radius 2 is 1.93 bits per heavy atom. The van der Waals surface area contributed by atoms with Crippen LogP contribution in [0, 0.1) is 0 Å². The summed E-state index contributed by atoms with van der Waals surface area (Å²) in [4.78, 5) is 20.7. The van der Waals surface area contributed by atoms with E-state index < -0.39 is 23.5 Å². The zero-order valence-corrected chi connectivity index (χ0v) is 7.09. The Balaban J connectivity index is 4.86. The highest BCUT2D eigenvalue weighted by Crippen LogP contribution is 2.20. The molecule has 0 spiro atoms. The molecule has 0 aliphatic heterocycles. The van der Waals surface area contributed by atoms with Crippen LogP contribution in [0.25, 0.3) is 0 Å². The summed E-state index contributed by atoms with van der Waals surface area (Å²) in [6.07, 6.45) is -4.92. The summed E-state index contributed by atoms with van der Waals surface area (Å²) in [5, 5.41) is 8.26. The molecular formula is C7H7F3O4. The Bertz CT molecular complexity index is 267. The number of ketones is 1. The number of alkyl halides is 3. The fourth-order valence-electron chi connectivity index (χ4n) is 0.520. The standard InChI is InChI=1S/C7H7F3O4/c1-2-14-3-4(6(12)13)5(11)7(8,9)10/h3H,2H2,1H3,(H,12,13). The van der Waals surface area contributed by atoms with E-state index >= 15 is 0 Å². The molecule has 0 unspecified atom stereocenters. The molecule has 0 fully saturated rings. The van der Waals surface area contributed by atoms with Crippen molar-refractivity contribution in [3.8, 4) is 0 Å². The lowest BCUT2D eigenvalue weighted by Crippen LogP contribution is -2.28. The van der Waals surface area contributed by atoms with Crippen molar-refractivity contribution >= 4 is 11.8 Å². The molecule has 80 valence electrons. The highest BCUT2D eigenvalue weighted by Gasteiger charge is 2.43. The number of carboxylic acids is 1. The van der Waals surface area contributed by atoms with Gasteiger partial charge < -0.3 is 9.84 Å². The molecular weight excluding hydrogens is 205 g/mol. The minimum absolute atomic E-state index is 0.0259. The van der Waals surface area contributed by atoms with E-state index in [2.05, 4.69) is 4.74 Å². The summed E-state index contributed by atoms with van der Waals surface area (Å²) in [6.45, 7) is 1.41. The fraction of sp³-hybridized carbons (Fsp3) is 0.429. The Morgan fingerprint density at radius 1 is 1.43 bits per heavy atom. The highest BCUT2D eigenvalue weighted by atomic mass is 19.4. The number of Topliss-reactive ketones (excluding diaryl/α,β-unsaturated/α-hetero) is 1. The van der Waals surface area contributed by atoms with Gasteiger partial charge in [-0.2, -0.15) is 13.2 Å². The topological polar surface area (TPSA) is 63.6 Å². The van der Waals surface area contributed by atoms with Crippen LogP contribution in [-0.4, -0.2) is 29.6 Å². The lowest BCUT2D eigenvalue weighted by atomic mass is 10.2. The first-order chi connectivity index (χ1) is 6.30. The van der Waals surface area contributed by atoms with E-state index in [1.807, 2.05) is 0 Å². The third-order valence-electron chi connectivity index (χ3n) is 1.10. The molecule has 0 radical (unpaired) electrons. The molecule has 0 aliphatic rings. The van der Waals surface area contributed by atoms with Crippen LogP contribution in [-0.2, 0) is 14.3 Å². The number of halogens is 3. The number of aliphatic carboxylic acids is 1. The molecule has 0 aromatic rings. The van der Waals surface area contributed by atoms with Crippen LogP contribution in [0.3, 0.4) is 0 Å². The van der Waals surface area contributed by atoms with Crippen molar-refractivity contribution in [1.82, 2.24) is 0 Å². The van der Waals surface area contributed by atoms with Crippen LogP contribution in [0.1, 0.15) is 6.92 Å². The van der Waals surface area contributed by atoms with Crippen LogP contribution in [0.2, 0.25) is 0 Å². The van der Waals surface area contributed by atoms with Gasteiger partial charge in [-0.05, 0) is 6.92 Å². The Morgan fingerprint density at radius 3 is 2.21 bits per heavy atom. The van der Waals surface area contributed by atoms with E-state index in [9.17, 15) is 22.8 Å². The Hall–Kier alpha value is -1.53. The van der Waals surface area contributed by atoms with Gasteiger partial charge in [-0.1, -0.05) is 0 Å². The van der Waals surface area contributed by atoms with Crippen LogP contribution in [0.15, 0.2) is 11.8 Å². The third kappa shape index (κ3) is 3.46. The van der Waals surface area contributed by atoms with Gasteiger partial charge in [-0.25, -0.2) is 4.79 Å². The van der Waals surface area contributed by atoms with Gasteiger partial charge in [-0.15, -0.1) is 0 Å². The number of hydrogen-bond acceptors (Lipinski definition) is 3. The smallest absolute Gasteiger partial charge is 0.455 e. The van der Waals surface area contributed by atoms with E-state index in [-0.39, 0.29) is 12.9 Å². The van der Waals surface area contributed by atoms with Gasteiger partial charge in [0.05, 0.1) is 6.61 Å². The Kier molecular flexibility index (Phi) is 4.13. The molecule has 0 aliphatic carbocycles. The summed E-state index contributed by atoms with van der Waals surface area (Å²) < 4.78 is 39.6. The van der Waals surface area contributed by atoms with Crippen molar-refractivity contribution in [3.05, 3.63) is 11.8 Å². The molecule has 1 N–H and O–H groups in total. The number of carbonyl (C=O) groups excluding carboxylic acids is 1. The van der Waals surface area contributed by atoms with Crippen LogP contribution >= 0.6 is 0 Å². The van der Waals surface area contributed by atoms with Crippen molar-refractivity contribution in [2.75, 3.05) is 6.61 Å². The minimum Gasteiger partial charge on any atom is -0.500 e. The summed E-state index contributed by atoms with van der Waals surface area (Å²) >= 11 is 0. The van der Waals surface area contributed by atoms with Crippen LogP contribution < -0.4 is 0 Å². The minimum atomic E-state index is -5.21. The molecule has 7 heteroatoms. The molecule has 4 nitrogen and oxygen atoms in total. The monoisotopic (exact) mass is 212 g/mol. The number of ether oxygens (including phenoxy) is 1. The maximum Gasteiger partial charge on any atom is 0.455 e. The quantitative estimate of drug-likeness (QED) is 0.328. The maximum absolute atomic E-state index is 11.8. The summed E-state index contributed by atoms with van der Waals surface area (Å²) in [5.41, 5.74) is -1.43. The second-order valence-corrected chi connectivity index (χ2v) is 2.12. The largest absolute Gasteiger partial charge is 0.500 e. The van der Waals surface area contributed by atoms with Crippen molar-refractivity contribution in [1.29, 1.82) is 0 Å². The lowest BCUT2D eigenvalue weighted by Gasteiger charge is -2.05. The normalized spacial score (nSPS) is 12.4. The lowest BCUT2D eigenvalue weighted by molar-refractivity contribution is -0.168. The van der Waals surface area contributed by atoms with Crippen molar-refractivity contribution in [3.63, 3.8) is 0 Å². The highest BCUT2D eigenvalue weighted by molar-refractivity contribution is 6.18. The zero-order valence-electron chi connectivity index (χ0n) is 7.09. The predicted octanol–water partition coefficient (Wildman–Crippen LogP) is 1.12. The van der Waals surface area contributed by atoms with Crippen molar-refractivity contribution in [2.24, 2.45) is 0 Å². The molecule has 14 heavy (non-hydrogen) atoms. The number of carbonyl (C=O) groups is 2. The summed E-state index contributed by atoms with van der Waals surface area (Å²) in [7, 11) is 0. The average Bonchev–Trinajstić information content (AvgIpc) is 2.02. The predicted molar refractivity (Wildman–Crippen MR) is 38.4 cm³/mol. The van der Waals surface area contributed by atoms with Gasteiger partial charge in [-0.3, -0.25) is 4.79 Å². The van der Waals surface area contributed by atoms with Gasteiger partial charge >= 0.3 is 12.1 Å². The molecule has 0 atom stereocenters. The molecule has 0 saturated carbocycles. The SMILES string of the molecule is CCOC=C(C(=O)O)C(=O)C(F)(F)F. The van der Waals surface area contributed by atoms with E-state index in [4.69, 9.17) is 5.11 Å². The molecule has 0 saturated heterocycles. The molecule has 0 aromatic carbocycles. The van der Waals surface area contributed by atoms with Crippen molar-refractivity contribution in [2.45, 2.75) is 13.1 Å². The average molecular weight is 212 g/mol. The second kappa shape index (κ2) is 4.64. The zero-order chi connectivity index (χ0) is 11.4. The summed E-state index contributed by atoms with van der Waals surface area (Å²) in [5.74, 6) is -4.40. The first-order valence-corrected chi connectivity index (χ1v) is 3.47. The van der Waals surface area contributed by atoms with E-state index in [1.165, 1.54) is 6.92 Å². The summed E-state index contributed by atoms with van der Waals surface area (Å²) in [6, 6.07) is 0. The first-order valence-electron chi connectivity index (χ1n) is 3.47. The molecule has 0 aromatic heterocycles. The van der Waals surface area contributed by atoms with E-state index in [0.717, 1.165) is 0 Å². The van der Waals surface area contributed by atoms with Gasteiger partial charge in [0.15, 0.2) is 0 Å². The fourth-order valence-corrected chi connectivity index (χ4v) is 0.520. The third-order valence-corrected chi connectivity index (χ3v) is 1.10. The number of hydrogen-bond donors (Lipinski definition) is 1. The number of rotatable bonds is 4. The number of carboxylic acid groups (broad SMARTS) is 1. The van der Waals surface area contributed by atoms with Crippen LogP contribution in [0.4, 0.5) is 13.2 Å². The Labute approximate surface area is 77.0 Å².